The molecule has 98 valence electrons. The van der Waals surface area contributed by atoms with E-state index in [1.165, 1.54) is 0 Å². The van der Waals surface area contributed by atoms with Crippen LogP contribution in [0.25, 0.3) is 0 Å². The van der Waals surface area contributed by atoms with Crippen molar-refractivity contribution in [3.63, 3.8) is 0 Å². The van der Waals surface area contributed by atoms with E-state index < -0.39 is 5.97 Å². The smallest absolute Gasteiger partial charge is 0.308 e. The van der Waals surface area contributed by atoms with Crippen LogP contribution in [0.2, 0.25) is 5.02 Å². The summed E-state index contributed by atoms with van der Waals surface area (Å²) in [6.45, 7) is 2.09. The van der Waals surface area contributed by atoms with Gasteiger partial charge in [0.2, 0.25) is 0 Å². The third-order valence-electron chi connectivity index (χ3n) is 4.02. The number of hydrogen-bond donors (Lipinski definition) is 1. The third-order valence-corrected chi connectivity index (χ3v) is 4.26. The van der Waals surface area contributed by atoms with E-state index in [0.717, 1.165) is 23.4 Å². The van der Waals surface area contributed by atoms with Crippen molar-refractivity contribution in [2.75, 3.05) is 7.05 Å². The molecule has 4 heteroatoms. The van der Waals surface area contributed by atoms with E-state index in [2.05, 4.69) is 11.8 Å². The first kappa shape index (κ1) is 13.4. The molecule has 0 aromatic heterocycles. The summed E-state index contributed by atoms with van der Waals surface area (Å²) < 4.78 is 0. The van der Waals surface area contributed by atoms with Crippen molar-refractivity contribution >= 4 is 17.6 Å². The van der Waals surface area contributed by atoms with Gasteiger partial charge in [0.05, 0.1) is 5.92 Å². The van der Waals surface area contributed by atoms with Crippen molar-refractivity contribution in [1.29, 1.82) is 0 Å². The van der Waals surface area contributed by atoms with Gasteiger partial charge >= 0.3 is 5.97 Å². The Bertz CT molecular complexity index is 449. The minimum atomic E-state index is -0.684. The van der Waals surface area contributed by atoms with Crippen LogP contribution in [0.15, 0.2) is 24.3 Å². The molecule has 2 rings (SSSR count). The van der Waals surface area contributed by atoms with Crippen LogP contribution in [0.3, 0.4) is 0 Å². The van der Waals surface area contributed by atoms with E-state index >= 15 is 0 Å². The summed E-state index contributed by atoms with van der Waals surface area (Å²) in [5.41, 5.74) is 1.13. The first-order chi connectivity index (χ1) is 8.50. The number of benzene rings is 1. The highest BCUT2D eigenvalue weighted by Gasteiger charge is 2.40. The molecule has 1 saturated carbocycles. The maximum Gasteiger partial charge on any atom is 0.308 e. The van der Waals surface area contributed by atoms with E-state index in [1.807, 2.05) is 31.3 Å². The van der Waals surface area contributed by atoms with E-state index in [-0.39, 0.29) is 18.0 Å². The van der Waals surface area contributed by atoms with Gasteiger partial charge in [0, 0.05) is 17.1 Å². The summed E-state index contributed by atoms with van der Waals surface area (Å²) in [7, 11) is 1.99. The molecule has 0 radical (unpaired) electrons. The lowest BCUT2D eigenvalue weighted by atomic mass is 9.78. The number of rotatable bonds is 4. The van der Waals surface area contributed by atoms with Gasteiger partial charge in [0.1, 0.15) is 0 Å². The van der Waals surface area contributed by atoms with Crippen molar-refractivity contribution in [2.24, 2.45) is 5.92 Å². The maximum absolute atomic E-state index is 11.1. The molecule has 1 aromatic rings. The zero-order valence-corrected chi connectivity index (χ0v) is 11.4. The second-order valence-corrected chi connectivity index (χ2v) is 5.42. The molecular weight excluding hydrogens is 250 g/mol. The number of carboxylic acid groups (broad SMARTS) is 1. The lowest BCUT2D eigenvalue weighted by Gasteiger charge is -2.43. The quantitative estimate of drug-likeness (QED) is 0.911. The Morgan fingerprint density at radius 3 is 2.72 bits per heavy atom. The summed E-state index contributed by atoms with van der Waals surface area (Å²) in [5.74, 6) is -0.909. The summed E-state index contributed by atoms with van der Waals surface area (Å²) in [6, 6.07) is 8.06. The Labute approximate surface area is 112 Å². The zero-order valence-electron chi connectivity index (χ0n) is 10.6. The molecule has 3 unspecified atom stereocenters. The van der Waals surface area contributed by atoms with Crippen LogP contribution in [0.1, 0.15) is 31.4 Å². The Hall–Kier alpha value is -1.06. The van der Waals surface area contributed by atoms with Gasteiger partial charge in [-0.25, -0.2) is 0 Å². The number of carboxylic acids is 1. The third kappa shape index (κ3) is 2.52. The Balaban J connectivity index is 2.09. The van der Waals surface area contributed by atoms with Crippen LogP contribution >= 0.6 is 11.6 Å². The summed E-state index contributed by atoms with van der Waals surface area (Å²) in [6.07, 6.45) is 1.74. The van der Waals surface area contributed by atoms with Crippen molar-refractivity contribution in [3.8, 4) is 0 Å². The Morgan fingerprint density at radius 2 is 2.22 bits per heavy atom. The average molecular weight is 268 g/mol. The predicted molar refractivity (Wildman–Crippen MR) is 71.8 cm³/mol. The molecule has 1 N–H and O–H groups in total. The van der Waals surface area contributed by atoms with Crippen molar-refractivity contribution in [2.45, 2.75) is 31.8 Å². The average Bonchev–Trinajstić information content (AvgIpc) is 2.25. The molecular formula is C14H18ClNO2. The van der Waals surface area contributed by atoms with Gasteiger partial charge in [-0.1, -0.05) is 23.7 Å². The molecule has 1 aliphatic carbocycles. The normalized spacial score (nSPS) is 24.7. The molecule has 0 bridgehead atoms. The van der Waals surface area contributed by atoms with Gasteiger partial charge in [-0.3, -0.25) is 9.69 Å². The molecule has 18 heavy (non-hydrogen) atoms. The highest BCUT2D eigenvalue weighted by atomic mass is 35.5. The second-order valence-electron chi connectivity index (χ2n) is 4.99. The highest BCUT2D eigenvalue weighted by molar-refractivity contribution is 6.30. The number of halogens is 1. The molecule has 0 amide bonds. The lowest BCUT2D eigenvalue weighted by molar-refractivity contribution is -0.149. The standard InChI is InChI=1S/C14H18ClNO2/c1-9(10-4-3-5-11(15)8-10)16(2)13-7-6-12(13)14(17)18/h3-5,8-9,12-13H,6-7H2,1-2H3,(H,17,18). The fourth-order valence-corrected chi connectivity index (χ4v) is 2.75. The lowest BCUT2D eigenvalue weighted by Crippen LogP contribution is -2.49. The Kier molecular flexibility index (Phi) is 3.93. The number of nitrogens with zero attached hydrogens (tertiary/aromatic N) is 1. The largest absolute Gasteiger partial charge is 0.481 e. The van der Waals surface area contributed by atoms with Crippen LogP contribution in [-0.4, -0.2) is 29.1 Å². The zero-order chi connectivity index (χ0) is 13.3. The first-order valence-electron chi connectivity index (χ1n) is 6.21. The van der Waals surface area contributed by atoms with E-state index in [1.54, 1.807) is 0 Å². The van der Waals surface area contributed by atoms with Gasteiger partial charge in [-0.2, -0.15) is 0 Å². The maximum atomic E-state index is 11.1. The van der Waals surface area contributed by atoms with Crippen LogP contribution in [0, 0.1) is 5.92 Å². The molecule has 3 atom stereocenters. The molecule has 0 aliphatic heterocycles. The van der Waals surface area contributed by atoms with Crippen molar-refractivity contribution < 1.29 is 9.90 Å². The monoisotopic (exact) mass is 267 g/mol. The van der Waals surface area contributed by atoms with Crippen molar-refractivity contribution in [3.05, 3.63) is 34.9 Å². The predicted octanol–water partition coefficient (Wildman–Crippen LogP) is 3.20. The molecule has 1 fully saturated rings. The molecule has 1 aliphatic rings. The molecule has 0 heterocycles. The van der Waals surface area contributed by atoms with Gasteiger partial charge < -0.3 is 5.11 Å². The Morgan fingerprint density at radius 1 is 1.50 bits per heavy atom. The second kappa shape index (κ2) is 5.29. The summed E-state index contributed by atoms with van der Waals surface area (Å²) in [4.78, 5) is 13.2. The summed E-state index contributed by atoms with van der Waals surface area (Å²) >= 11 is 5.99. The number of carbonyl (C=O) groups is 1. The minimum Gasteiger partial charge on any atom is -0.481 e. The first-order valence-corrected chi connectivity index (χ1v) is 6.58. The topological polar surface area (TPSA) is 40.5 Å². The van der Waals surface area contributed by atoms with Crippen LogP contribution in [0.4, 0.5) is 0 Å². The van der Waals surface area contributed by atoms with Crippen LogP contribution in [0.5, 0.6) is 0 Å². The van der Waals surface area contributed by atoms with Crippen molar-refractivity contribution in [1.82, 2.24) is 4.90 Å². The molecule has 3 nitrogen and oxygen atoms in total. The summed E-state index contributed by atoms with van der Waals surface area (Å²) in [5, 5.41) is 9.82. The fraction of sp³-hybridized carbons (Fsp3) is 0.500. The van der Waals surface area contributed by atoms with Gasteiger partial charge in [-0.05, 0) is 44.5 Å². The SMILES string of the molecule is CC(c1cccc(Cl)c1)N(C)C1CCC1C(=O)O. The number of aliphatic carboxylic acids is 1. The molecule has 0 spiro atoms. The van der Waals surface area contributed by atoms with E-state index in [0.29, 0.717) is 0 Å². The van der Waals surface area contributed by atoms with Gasteiger partial charge in [0.25, 0.3) is 0 Å². The highest BCUT2D eigenvalue weighted by Crippen LogP contribution is 2.36. The van der Waals surface area contributed by atoms with E-state index in [9.17, 15) is 4.79 Å². The van der Waals surface area contributed by atoms with Crippen LogP contribution < -0.4 is 0 Å². The van der Waals surface area contributed by atoms with Gasteiger partial charge in [0.15, 0.2) is 0 Å². The molecule has 1 aromatic carbocycles. The fourth-order valence-electron chi connectivity index (χ4n) is 2.55. The molecule has 0 saturated heterocycles. The van der Waals surface area contributed by atoms with Crippen LogP contribution in [-0.2, 0) is 4.79 Å². The minimum absolute atomic E-state index is 0.136. The van der Waals surface area contributed by atoms with Gasteiger partial charge in [-0.15, -0.1) is 0 Å². The number of hydrogen-bond acceptors (Lipinski definition) is 2. The van der Waals surface area contributed by atoms with E-state index in [4.69, 9.17) is 16.7 Å².